The van der Waals surface area contributed by atoms with Gasteiger partial charge in [-0.15, -0.1) is 13.2 Å². The first-order chi connectivity index (χ1) is 6.29. The Morgan fingerprint density at radius 2 is 2.38 bits per heavy atom. The highest BCUT2D eigenvalue weighted by molar-refractivity contribution is 8.23. The third kappa shape index (κ3) is 2.83. The molecule has 0 aromatic carbocycles. The topological polar surface area (TPSA) is 15.3 Å². The summed E-state index contributed by atoms with van der Waals surface area (Å²) in [7, 11) is 0. The molecule has 0 bridgehead atoms. The molecule has 72 valence electrons. The number of hydrogen-bond donors (Lipinski definition) is 1. The van der Waals surface area contributed by atoms with Crippen molar-refractivity contribution in [2.45, 2.75) is 6.17 Å². The molecule has 1 fully saturated rings. The lowest BCUT2D eigenvalue weighted by molar-refractivity contribution is 0.337. The Morgan fingerprint density at radius 1 is 1.62 bits per heavy atom. The standard InChI is InChI=1S/C9H14N2S2/c1-3-5-10-8-7-13-9(12)11(8)6-4-2/h3-4,8,10H,1-2,5-7H2. The number of nitrogens with one attached hydrogen (secondary N) is 1. The summed E-state index contributed by atoms with van der Waals surface area (Å²) in [5, 5.41) is 3.35. The largest absolute Gasteiger partial charge is 0.337 e. The van der Waals surface area contributed by atoms with Crippen molar-refractivity contribution in [1.29, 1.82) is 0 Å². The molecule has 1 unspecified atom stereocenters. The molecule has 1 heterocycles. The molecular weight excluding hydrogens is 200 g/mol. The van der Waals surface area contributed by atoms with Crippen LogP contribution in [0.3, 0.4) is 0 Å². The maximum atomic E-state index is 5.21. The molecule has 1 aliphatic rings. The molecule has 0 radical (unpaired) electrons. The molecule has 0 aromatic rings. The highest BCUT2D eigenvalue weighted by Gasteiger charge is 2.26. The highest BCUT2D eigenvalue weighted by atomic mass is 32.2. The van der Waals surface area contributed by atoms with Gasteiger partial charge in [0, 0.05) is 18.8 Å². The summed E-state index contributed by atoms with van der Waals surface area (Å²) in [6.45, 7) is 9.03. The molecule has 0 aromatic heterocycles. The zero-order valence-electron chi connectivity index (χ0n) is 7.53. The molecular formula is C9H14N2S2. The minimum Gasteiger partial charge on any atom is -0.337 e. The van der Waals surface area contributed by atoms with Gasteiger partial charge in [-0.05, 0) is 0 Å². The fraction of sp³-hybridized carbons (Fsp3) is 0.444. The van der Waals surface area contributed by atoms with Gasteiger partial charge >= 0.3 is 0 Å². The van der Waals surface area contributed by atoms with E-state index in [1.807, 2.05) is 12.2 Å². The summed E-state index contributed by atoms with van der Waals surface area (Å²) in [6.07, 6.45) is 4.08. The van der Waals surface area contributed by atoms with E-state index in [1.54, 1.807) is 11.8 Å². The summed E-state index contributed by atoms with van der Waals surface area (Å²) >= 11 is 6.93. The SMILES string of the molecule is C=CCNC1CSC(=S)N1CC=C. The van der Waals surface area contributed by atoms with Gasteiger partial charge in [-0.3, -0.25) is 5.32 Å². The number of thioether (sulfide) groups is 1. The van der Waals surface area contributed by atoms with E-state index in [0.29, 0.717) is 6.17 Å². The molecule has 4 heteroatoms. The van der Waals surface area contributed by atoms with Gasteiger partial charge in [0.2, 0.25) is 0 Å². The zero-order chi connectivity index (χ0) is 9.68. The summed E-state index contributed by atoms with van der Waals surface area (Å²) in [6, 6.07) is 0. The van der Waals surface area contributed by atoms with Crippen LogP contribution < -0.4 is 5.32 Å². The molecule has 0 amide bonds. The number of nitrogens with zero attached hydrogens (tertiary/aromatic N) is 1. The predicted octanol–water partition coefficient (Wildman–Crippen LogP) is 1.61. The average molecular weight is 214 g/mol. The molecule has 2 nitrogen and oxygen atoms in total. The maximum Gasteiger partial charge on any atom is 0.138 e. The maximum absolute atomic E-state index is 5.21. The van der Waals surface area contributed by atoms with Crippen LogP contribution >= 0.6 is 24.0 Å². The minimum absolute atomic E-state index is 0.341. The lowest BCUT2D eigenvalue weighted by Gasteiger charge is -2.24. The van der Waals surface area contributed by atoms with Gasteiger partial charge in [0.25, 0.3) is 0 Å². The predicted molar refractivity (Wildman–Crippen MR) is 63.9 cm³/mol. The average Bonchev–Trinajstić information content (AvgIpc) is 2.46. The molecule has 1 saturated heterocycles. The van der Waals surface area contributed by atoms with E-state index in [4.69, 9.17) is 12.2 Å². The molecule has 13 heavy (non-hydrogen) atoms. The third-order valence-electron chi connectivity index (χ3n) is 1.80. The monoisotopic (exact) mass is 214 g/mol. The van der Waals surface area contributed by atoms with E-state index in [0.717, 1.165) is 23.2 Å². The number of thiocarbonyl (C=S) groups is 1. The van der Waals surface area contributed by atoms with E-state index in [2.05, 4.69) is 23.4 Å². The van der Waals surface area contributed by atoms with Crippen LogP contribution in [-0.4, -0.2) is 34.2 Å². The minimum atomic E-state index is 0.341. The Hall–Kier alpha value is -0.320. The van der Waals surface area contributed by atoms with E-state index in [1.165, 1.54) is 0 Å². The van der Waals surface area contributed by atoms with Crippen LogP contribution in [0.4, 0.5) is 0 Å². The fourth-order valence-corrected chi connectivity index (χ4v) is 2.55. The van der Waals surface area contributed by atoms with Gasteiger partial charge in [-0.1, -0.05) is 36.1 Å². The smallest absolute Gasteiger partial charge is 0.138 e. The lowest BCUT2D eigenvalue weighted by Crippen LogP contribution is -2.44. The summed E-state index contributed by atoms with van der Waals surface area (Å²) in [5.74, 6) is 1.01. The van der Waals surface area contributed by atoms with Gasteiger partial charge in [-0.25, -0.2) is 0 Å². The highest BCUT2D eigenvalue weighted by Crippen LogP contribution is 2.22. The first kappa shape index (κ1) is 10.8. The Bertz CT molecular complexity index is 216. The zero-order valence-corrected chi connectivity index (χ0v) is 9.16. The summed E-state index contributed by atoms with van der Waals surface area (Å²) in [4.78, 5) is 2.15. The molecule has 1 atom stereocenters. The molecule has 1 N–H and O–H groups in total. The van der Waals surface area contributed by atoms with Gasteiger partial charge in [0.1, 0.15) is 4.32 Å². The summed E-state index contributed by atoms with van der Waals surface area (Å²) < 4.78 is 0.960. The second kappa shape index (κ2) is 5.42. The van der Waals surface area contributed by atoms with Crippen LogP contribution in [-0.2, 0) is 0 Å². The van der Waals surface area contributed by atoms with Crippen molar-refractivity contribution >= 4 is 28.3 Å². The van der Waals surface area contributed by atoms with Crippen LogP contribution in [0.25, 0.3) is 0 Å². The van der Waals surface area contributed by atoms with Crippen molar-refractivity contribution in [1.82, 2.24) is 10.2 Å². The molecule has 0 aliphatic carbocycles. The van der Waals surface area contributed by atoms with E-state index < -0.39 is 0 Å². The second-order valence-electron chi connectivity index (χ2n) is 2.73. The summed E-state index contributed by atoms with van der Waals surface area (Å²) in [5.41, 5.74) is 0. The molecule has 1 aliphatic heterocycles. The third-order valence-corrected chi connectivity index (χ3v) is 3.35. The van der Waals surface area contributed by atoms with Crippen LogP contribution in [0.1, 0.15) is 0 Å². The van der Waals surface area contributed by atoms with Crippen molar-refractivity contribution in [3.8, 4) is 0 Å². The lowest BCUT2D eigenvalue weighted by atomic mass is 10.4. The molecule has 1 rings (SSSR count). The Kier molecular flexibility index (Phi) is 4.48. The van der Waals surface area contributed by atoms with Gasteiger partial charge in [0.15, 0.2) is 0 Å². The van der Waals surface area contributed by atoms with E-state index in [9.17, 15) is 0 Å². The van der Waals surface area contributed by atoms with Crippen LogP contribution in [0.2, 0.25) is 0 Å². The van der Waals surface area contributed by atoms with E-state index >= 15 is 0 Å². The number of hydrogen-bond acceptors (Lipinski definition) is 3. The van der Waals surface area contributed by atoms with Crippen molar-refractivity contribution in [3.63, 3.8) is 0 Å². The van der Waals surface area contributed by atoms with Crippen molar-refractivity contribution in [3.05, 3.63) is 25.3 Å². The molecule has 0 spiro atoms. The van der Waals surface area contributed by atoms with Crippen LogP contribution in [0, 0.1) is 0 Å². The number of rotatable bonds is 5. The Labute approximate surface area is 89.1 Å². The Balaban J connectivity index is 2.47. The second-order valence-corrected chi connectivity index (χ2v) is 4.38. The van der Waals surface area contributed by atoms with E-state index in [-0.39, 0.29) is 0 Å². The quantitative estimate of drug-likeness (QED) is 0.552. The van der Waals surface area contributed by atoms with Gasteiger partial charge in [-0.2, -0.15) is 0 Å². The van der Waals surface area contributed by atoms with Gasteiger partial charge < -0.3 is 4.90 Å². The first-order valence-corrected chi connectivity index (χ1v) is 5.57. The molecule has 0 saturated carbocycles. The van der Waals surface area contributed by atoms with Crippen LogP contribution in [0.5, 0.6) is 0 Å². The van der Waals surface area contributed by atoms with Crippen LogP contribution in [0.15, 0.2) is 25.3 Å². The van der Waals surface area contributed by atoms with Crippen molar-refractivity contribution < 1.29 is 0 Å². The Morgan fingerprint density at radius 3 is 3.00 bits per heavy atom. The normalized spacial score (nSPS) is 22.0. The fourth-order valence-electron chi connectivity index (χ4n) is 1.18. The van der Waals surface area contributed by atoms with Gasteiger partial charge in [0.05, 0.1) is 6.17 Å². The van der Waals surface area contributed by atoms with Crippen molar-refractivity contribution in [2.75, 3.05) is 18.8 Å². The van der Waals surface area contributed by atoms with Crippen molar-refractivity contribution in [2.24, 2.45) is 0 Å². The first-order valence-electron chi connectivity index (χ1n) is 4.18.